The van der Waals surface area contributed by atoms with Crippen molar-refractivity contribution < 1.29 is 8.42 Å². The topological polar surface area (TPSA) is 43.9 Å². The summed E-state index contributed by atoms with van der Waals surface area (Å²) in [6.07, 6.45) is 8.27. The van der Waals surface area contributed by atoms with Gasteiger partial charge in [0.1, 0.15) is 0 Å². The fraction of sp³-hybridized carbons (Fsp3) is 0.714. The lowest BCUT2D eigenvalue weighted by atomic mass is 9.67. The summed E-state index contributed by atoms with van der Waals surface area (Å²) in [6.45, 7) is 3.65. The summed E-state index contributed by atoms with van der Waals surface area (Å²) in [5.41, 5.74) is 3.41. The highest BCUT2D eigenvalue weighted by Crippen LogP contribution is 2.46. The molecule has 0 N–H and O–H groups in total. The molecule has 1 aromatic carbocycles. The molecule has 3 aliphatic rings. The van der Waals surface area contributed by atoms with Crippen molar-refractivity contribution >= 4 is 10.2 Å². The average molecular weight is 392 g/mol. The average Bonchev–Trinajstić information content (AvgIpc) is 2.68. The fourth-order valence-electron chi connectivity index (χ4n) is 5.33. The molecule has 1 saturated carbocycles. The van der Waals surface area contributed by atoms with Crippen LogP contribution >= 0.6 is 0 Å². The third kappa shape index (κ3) is 3.82. The second kappa shape index (κ2) is 7.47. The van der Waals surface area contributed by atoms with Crippen molar-refractivity contribution in [2.24, 2.45) is 5.41 Å². The summed E-state index contributed by atoms with van der Waals surface area (Å²) in [7, 11) is 0.000181. The minimum absolute atomic E-state index is 0.378. The Morgan fingerprint density at radius 3 is 2.22 bits per heavy atom. The first-order valence-corrected chi connectivity index (χ1v) is 11.8. The molecule has 4 rings (SSSR count). The maximum absolute atomic E-state index is 12.4. The Morgan fingerprint density at radius 1 is 0.963 bits per heavy atom. The van der Waals surface area contributed by atoms with E-state index in [9.17, 15) is 8.42 Å². The van der Waals surface area contributed by atoms with E-state index < -0.39 is 10.2 Å². The van der Waals surface area contributed by atoms with Gasteiger partial charge in [-0.3, -0.25) is 4.90 Å². The van der Waals surface area contributed by atoms with Gasteiger partial charge in [0.05, 0.1) is 0 Å². The van der Waals surface area contributed by atoms with E-state index in [0.29, 0.717) is 24.5 Å². The molecule has 1 saturated heterocycles. The Labute approximate surface area is 164 Å². The zero-order chi connectivity index (χ0) is 19.1. The molecular weight excluding hydrogens is 358 g/mol. The lowest BCUT2D eigenvalue weighted by Gasteiger charge is -2.48. The third-order valence-corrected chi connectivity index (χ3v) is 9.20. The molecule has 0 amide bonds. The van der Waals surface area contributed by atoms with Gasteiger partial charge >= 0.3 is 0 Å². The van der Waals surface area contributed by atoms with Gasteiger partial charge < -0.3 is 0 Å². The van der Waals surface area contributed by atoms with Crippen molar-refractivity contribution in [2.45, 2.75) is 57.5 Å². The smallest absolute Gasteiger partial charge is 0.281 e. The summed E-state index contributed by atoms with van der Waals surface area (Å²) in [6, 6.07) is 9.58. The summed E-state index contributed by atoms with van der Waals surface area (Å²) in [5, 5.41) is 0. The van der Waals surface area contributed by atoms with Gasteiger partial charge in [0.15, 0.2) is 0 Å². The Morgan fingerprint density at radius 2 is 1.59 bits per heavy atom. The molecule has 1 spiro atoms. The van der Waals surface area contributed by atoms with Crippen LogP contribution in [0.25, 0.3) is 0 Å². The van der Waals surface area contributed by atoms with Gasteiger partial charge in [-0.1, -0.05) is 24.3 Å². The Bertz CT molecular complexity index is 759. The van der Waals surface area contributed by atoms with E-state index in [1.54, 1.807) is 18.4 Å². The summed E-state index contributed by atoms with van der Waals surface area (Å²) < 4.78 is 27.7. The maximum atomic E-state index is 12.4. The molecule has 0 unspecified atom stereocenters. The second-order valence-electron chi connectivity index (χ2n) is 8.91. The van der Waals surface area contributed by atoms with E-state index in [4.69, 9.17) is 0 Å². The molecule has 2 aliphatic heterocycles. The number of fused-ring (bicyclic) bond motifs is 1. The fourth-order valence-corrected chi connectivity index (χ4v) is 6.44. The number of benzene rings is 1. The minimum Gasteiger partial charge on any atom is -0.296 e. The van der Waals surface area contributed by atoms with Crippen LogP contribution in [-0.4, -0.2) is 61.7 Å². The molecule has 0 aromatic heterocycles. The van der Waals surface area contributed by atoms with E-state index >= 15 is 0 Å². The molecule has 0 atom stereocenters. The highest BCUT2D eigenvalue weighted by molar-refractivity contribution is 7.86. The van der Waals surface area contributed by atoms with E-state index in [0.717, 1.165) is 19.4 Å². The van der Waals surface area contributed by atoms with Crippen LogP contribution in [0.5, 0.6) is 0 Å². The molecular formula is C21H33N3O2S. The number of hydrogen-bond donors (Lipinski definition) is 0. The van der Waals surface area contributed by atoms with Gasteiger partial charge in [-0.15, -0.1) is 0 Å². The van der Waals surface area contributed by atoms with Gasteiger partial charge in [0, 0.05) is 46.3 Å². The lowest BCUT2D eigenvalue weighted by molar-refractivity contribution is 0.0451. The molecule has 6 heteroatoms. The van der Waals surface area contributed by atoms with E-state index in [-0.39, 0.29) is 0 Å². The normalized spacial score (nSPS) is 25.0. The van der Waals surface area contributed by atoms with E-state index in [1.165, 1.54) is 54.1 Å². The number of rotatable bonds is 3. The second-order valence-corrected chi connectivity index (χ2v) is 11.1. The first kappa shape index (κ1) is 19.4. The van der Waals surface area contributed by atoms with Crippen LogP contribution in [-0.2, 0) is 23.2 Å². The molecule has 0 radical (unpaired) electrons. The monoisotopic (exact) mass is 391 g/mol. The molecule has 0 bridgehead atoms. The van der Waals surface area contributed by atoms with Crippen LogP contribution in [0, 0.1) is 5.41 Å². The SMILES string of the molecule is CN(C)S(=O)(=O)N1CCC2(CCC(N3CCc4ccccc4C3)CC2)CC1. The minimum atomic E-state index is -3.25. The van der Waals surface area contributed by atoms with Crippen molar-refractivity contribution in [3.63, 3.8) is 0 Å². The highest BCUT2D eigenvalue weighted by atomic mass is 32.2. The molecule has 27 heavy (non-hydrogen) atoms. The molecule has 1 aromatic rings. The van der Waals surface area contributed by atoms with Gasteiger partial charge in [-0.2, -0.15) is 17.0 Å². The number of hydrogen-bond acceptors (Lipinski definition) is 3. The summed E-state index contributed by atoms with van der Waals surface area (Å²) >= 11 is 0. The Kier molecular flexibility index (Phi) is 5.36. The standard InChI is InChI=1S/C21H33N3O2S/c1-22(2)27(25,26)24-15-12-21(13-16-24)10-7-20(8-11-21)23-14-9-18-5-3-4-6-19(18)17-23/h3-6,20H,7-17H2,1-2H3. The van der Waals surface area contributed by atoms with Crippen molar-refractivity contribution in [3.8, 4) is 0 Å². The first-order chi connectivity index (χ1) is 12.9. The molecule has 2 heterocycles. The highest BCUT2D eigenvalue weighted by Gasteiger charge is 2.42. The largest absolute Gasteiger partial charge is 0.296 e. The predicted octanol–water partition coefficient (Wildman–Crippen LogP) is 2.88. The van der Waals surface area contributed by atoms with Gasteiger partial charge in [0.2, 0.25) is 0 Å². The Hall–Kier alpha value is -0.950. The molecule has 150 valence electrons. The number of piperidine rings is 1. The Balaban J connectivity index is 1.32. The van der Waals surface area contributed by atoms with Crippen LogP contribution in [0.1, 0.15) is 49.7 Å². The number of nitrogens with zero attached hydrogens (tertiary/aromatic N) is 3. The molecule has 1 aliphatic carbocycles. The maximum Gasteiger partial charge on any atom is 0.281 e. The van der Waals surface area contributed by atoms with Crippen LogP contribution in [0.2, 0.25) is 0 Å². The lowest BCUT2D eigenvalue weighted by Crippen LogP contribution is -2.49. The third-order valence-electron chi connectivity index (χ3n) is 7.26. The van der Waals surface area contributed by atoms with E-state index in [2.05, 4.69) is 29.2 Å². The zero-order valence-corrected chi connectivity index (χ0v) is 17.5. The van der Waals surface area contributed by atoms with Crippen molar-refractivity contribution in [2.75, 3.05) is 33.7 Å². The first-order valence-electron chi connectivity index (χ1n) is 10.4. The van der Waals surface area contributed by atoms with Crippen molar-refractivity contribution in [1.29, 1.82) is 0 Å². The summed E-state index contributed by atoms with van der Waals surface area (Å²) in [5.74, 6) is 0. The van der Waals surface area contributed by atoms with Gasteiger partial charge in [-0.05, 0) is 61.5 Å². The molecule has 2 fully saturated rings. The van der Waals surface area contributed by atoms with Gasteiger partial charge in [0.25, 0.3) is 10.2 Å². The van der Waals surface area contributed by atoms with Crippen molar-refractivity contribution in [1.82, 2.24) is 13.5 Å². The van der Waals surface area contributed by atoms with Gasteiger partial charge in [-0.25, -0.2) is 0 Å². The van der Waals surface area contributed by atoms with Crippen molar-refractivity contribution in [3.05, 3.63) is 35.4 Å². The predicted molar refractivity (Wildman–Crippen MR) is 109 cm³/mol. The quantitative estimate of drug-likeness (QED) is 0.796. The van der Waals surface area contributed by atoms with E-state index in [1.807, 2.05) is 0 Å². The molecule has 5 nitrogen and oxygen atoms in total. The summed E-state index contributed by atoms with van der Waals surface area (Å²) in [4.78, 5) is 2.70. The van der Waals surface area contributed by atoms with Crippen LogP contribution in [0.4, 0.5) is 0 Å². The van der Waals surface area contributed by atoms with Crippen LogP contribution in [0.15, 0.2) is 24.3 Å². The van der Waals surface area contributed by atoms with Crippen LogP contribution in [0.3, 0.4) is 0 Å². The zero-order valence-electron chi connectivity index (χ0n) is 16.7. The van der Waals surface area contributed by atoms with Crippen LogP contribution < -0.4 is 0 Å².